The highest BCUT2D eigenvalue weighted by Gasteiger charge is 2.19. The van der Waals surface area contributed by atoms with Gasteiger partial charge in [0.1, 0.15) is 5.75 Å². The number of hydrogen-bond acceptors (Lipinski definition) is 6. The fourth-order valence-corrected chi connectivity index (χ4v) is 5.17. The lowest BCUT2D eigenvalue weighted by Crippen LogP contribution is -2.44. The van der Waals surface area contributed by atoms with Crippen LogP contribution in [0.25, 0.3) is 5.70 Å². The maximum Gasteiger partial charge on any atom is 0.302 e. The van der Waals surface area contributed by atoms with Gasteiger partial charge in [-0.3, -0.25) is 9.29 Å². The van der Waals surface area contributed by atoms with E-state index in [0.717, 1.165) is 37.4 Å². The molecular weight excluding hydrogens is 462 g/mol. The highest BCUT2D eigenvalue weighted by molar-refractivity contribution is 7.89. The first-order valence-corrected chi connectivity index (χ1v) is 13.5. The highest BCUT2D eigenvalue weighted by atomic mass is 32.2. The van der Waals surface area contributed by atoms with Crippen LogP contribution in [0.3, 0.4) is 0 Å². The van der Waals surface area contributed by atoms with Crippen LogP contribution in [0.1, 0.15) is 18.2 Å². The van der Waals surface area contributed by atoms with E-state index in [1.807, 2.05) is 60.0 Å². The van der Waals surface area contributed by atoms with Gasteiger partial charge in [-0.15, -0.1) is 0 Å². The molecule has 1 aliphatic rings. The third-order valence-electron chi connectivity index (χ3n) is 6.12. The van der Waals surface area contributed by atoms with Crippen LogP contribution in [0, 0.1) is 0 Å². The number of imidazole rings is 1. The van der Waals surface area contributed by atoms with Crippen molar-refractivity contribution in [1.29, 1.82) is 0 Å². The Bertz CT molecular complexity index is 1250. The van der Waals surface area contributed by atoms with Gasteiger partial charge in [0.2, 0.25) is 10.0 Å². The molecule has 35 heavy (non-hydrogen) atoms. The fourth-order valence-electron chi connectivity index (χ4n) is 4.09. The molecule has 9 heteroatoms. The monoisotopic (exact) mass is 495 g/mol. The Labute approximate surface area is 207 Å². The summed E-state index contributed by atoms with van der Waals surface area (Å²) in [6.45, 7) is 10.5. The number of rotatable bonds is 10. The van der Waals surface area contributed by atoms with Gasteiger partial charge >= 0.3 is 6.01 Å². The molecule has 0 radical (unpaired) electrons. The molecule has 2 heterocycles. The quantitative estimate of drug-likeness (QED) is 0.463. The molecule has 0 spiro atoms. The average Bonchev–Trinajstić information content (AvgIpc) is 3.26. The molecular formula is C26H33N5O3S. The third-order valence-corrected chi connectivity index (χ3v) is 7.42. The maximum absolute atomic E-state index is 12.7. The number of ether oxygens (including phenoxy) is 1. The van der Waals surface area contributed by atoms with Crippen LogP contribution in [-0.2, 0) is 23.0 Å². The zero-order valence-electron chi connectivity index (χ0n) is 20.4. The standard InChI is InChI=1S/C26H33N5O3S/c1-4-31-25(21(2)28-35(32,33)18-13-22-9-6-5-7-10-22)20-27-26(31)34-24-12-8-11-23(19-24)30-16-14-29(3)15-17-30/h5-12,19-20,28H,2,4,13-18H2,1,3H3. The number of benzene rings is 2. The van der Waals surface area contributed by atoms with E-state index < -0.39 is 10.0 Å². The first-order chi connectivity index (χ1) is 16.8. The molecule has 0 aliphatic carbocycles. The van der Waals surface area contributed by atoms with Crippen LogP contribution in [0.4, 0.5) is 5.69 Å². The van der Waals surface area contributed by atoms with Crippen molar-refractivity contribution in [2.24, 2.45) is 0 Å². The fraction of sp³-hybridized carbons (Fsp3) is 0.346. The second-order valence-corrected chi connectivity index (χ2v) is 10.5. The number of aromatic nitrogens is 2. The van der Waals surface area contributed by atoms with Gasteiger partial charge in [0, 0.05) is 44.5 Å². The number of aryl methyl sites for hydroxylation is 1. The number of sulfonamides is 1. The molecule has 1 saturated heterocycles. The Morgan fingerprint density at radius 3 is 2.54 bits per heavy atom. The predicted molar refractivity (Wildman–Crippen MR) is 140 cm³/mol. The van der Waals surface area contributed by atoms with E-state index in [2.05, 4.69) is 39.2 Å². The van der Waals surface area contributed by atoms with Crippen molar-refractivity contribution >= 4 is 21.4 Å². The van der Waals surface area contributed by atoms with Crippen molar-refractivity contribution in [2.45, 2.75) is 19.9 Å². The third kappa shape index (κ3) is 6.43. The Morgan fingerprint density at radius 1 is 1.09 bits per heavy atom. The molecule has 1 aromatic heterocycles. The van der Waals surface area contributed by atoms with Crippen molar-refractivity contribution < 1.29 is 13.2 Å². The Morgan fingerprint density at radius 2 is 1.83 bits per heavy atom. The summed E-state index contributed by atoms with van der Waals surface area (Å²) >= 11 is 0. The van der Waals surface area contributed by atoms with E-state index >= 15 is 0 Å². The smallest absolute Gasteiger partial charge is 0.302 e. The Hall–Kier alpha value is -3.30. The van der Waals surface area contributed by atoms with Crippen LogP contribution >= 0.6 is 0 Å². The van der Waals surface area contributed by atoms with Crippen molar-refractivity contribution in [3.63, 3.8) is 0 Å². The molecule has 0 saturated carbocycles. The lowest BCUT2D eigenvalue weighted by Gasteiger charge is -2.34. The van der Waals surface area contributed by atoms with Gasteiger partial charge in [-0.05, 0) is 38.1 Å². The maximum atomic E-state index is 12.7. The molecule has 0 atom stereocenters. The van der Waals surface area contributed by atoms with Gasteiger partial charge in [-0.1, -0.05) is 43.0 Å². The molecule has 1 fully saturated rings. The zero-order valence-corrected chi connectivity index (χ0v) is 21.2. The average molecular weight is 496 g/mol. The molecule has 186 valence electrons. The Kier molecular flexibility index (Phi) is 7.77. The van der Waals surface area contributed by atoms with E-state index in [0.29, 0.717) is 30.4 Å². The van der Waals surface area contributed by atoms with Crippen molar-refractivity contribution in [2.75, 3.05) is 43.9 Å². The van der Waals surface area contributed by atoms with E-state index in [1.54, 1.807) is 6.20 Å². The summed E-state index contributed by atoms with van der Waals surface area (Å²) in [5, 5.41) is 0. The molecule has 4 rings (SSSR count). The number of likely N-dealkylation sites (N-methyl/N-ethyl adjacent to an activating group) is 1. The number of nitrogens with one attached hydrogen (secondary N) is 1. The topological polar surface area (TPSA) is 79.7 Å². The van der Waals surface area contributed by atoms with Crippen LogP contribution in [0.5, 0.6) is 11.8 Å². The van der Waals surface area contributed by atoms with Crippen molar-refractivity contribution in [1.82, 2.24) is 19.2 Å². The molecule has 0 amide bonds. The number of hydrogen-bond donors (Lipinski definition) is 1. The first-order valence-electron chi connectivity index (χ1n) is 11.9. The molecule has 0 bridgehead atoms. The first kappa shape index (κ1) is 24.8. The minimum absolute atomic E-state index is 0.0290. The van der Waals surface area contributed by atoms with Crippen molar-refractivity contribution in [3.8, 4) is 11.8 Å². The molecule has 8 nitrogen and oxygen atoms in total. The van der Waals surface area contributed by atoms with Gasteiger partial charge in [0.25, 0.3) is 0 Å². The van der Waals surface area contributed by atoms with Crippen LogP contribution < -0.4 is 14.4 Å². The molecule has 1 aliphatic heterocycles. The predicted octanol–water partition coefficient (Wildman–Crippen LogP) is 3.58. The lowest BCUT2D eigenvalue weighted by molar-refractivity contribution is 0.312. The van der Waals surface area contributed by atoms with E-state index in [1.165, 1.54) is 0 Å². The van der Waals surface area contributed by atoms with Gasteiger partial charge in [-0.2, -0.15) is 0 Å². The van der Waals surface area contributed by atoms with Crippen LogP contribution in [0.2, 0.25) is 0 Å². The highest BCUT2D eigenvalue weighted by Crippen LogP contribution is 2.28. The van der Waals surface area contributed by atoms with E-state index in [9.17, 15) is 8.42 Å². The van der Waals surface area contributed by atoms with Gasteiger partial charge < -0.3 is 14.5 Å². The summed E-state index contributed by atoms with van der Waals surface area (Å²) in [7, 11) is -1.43. The summed E-state index contributed by atoms with van der Waals surface area (Å²) in [5.41, 5.74) is 2.92. The van der Waals surface area contributed by atoms with Gasteiger partial charge in [0.15, 0.2) is 0 Å². The SMILES string of the molecule is C=C(NS(=O)(=O)CCc1ccccc1)c1cnc(Oc2cccc(N3CCN(C)CC3)c2)n1CC. The van der Waals surface area contributed by atoms with Crippen LogP contribution in [-0.4, -0.2) is 61.8 Å². The number of nitrogens with zero attached hydrogens (tertiary/aromatic N) is 4. The number of anilines is 1. The summed E-state index contributed by atoms with van der Waals surface area (Å²) in [4.78, 5) is 9.07. The molecule has 1 N–H and O–H groups in total. The van der Waals surface area contributed by atoms with E-state index in [4.69, 9.17) is 4.74 Å². The minimum atomic E-state index is -3.56. The largest absolute Gasteiger partial charge is 0.425 e. The summed E-state index contributed by atoms with van der Waals surface area (Å²) in [6.07, 6.45) is 2.01. The second kappa shape index (κ2) is 11.0. The van der Waals surface area contributed by atoms with Crippen molar-refractivity contribution in [3.05, 3.63) is 78.6 Å². The van der Waals surface area contributed by atoms with Gasteiger partial charge in [0.05, 0.1) is 23.3 Å². The summed E-state index contributed by atoms with van der Waals surface area (Å²) in [5.74, 6) is 0.654. The van der Waals surface area contributed by atoms with Crippen LogP contribution in [0.15, 0.2) is 67.4 Å². The molecule has 3 aromatic rings. The summed E-state index contributed by atoms with van der Waals surface area (Å²) < 4.78 is 35.8. The molecule has 2 aromatic carbocycles. The Balaban J connectivity index is 1.43. The van der Waals surface area contributed by atoms with Gasteiger partial charge in [-0.25, -0.2) is 13.4 Å². The van der Waals surface area contributed by atoms with E-state index in [-0.39, 0.29) is 11.4 Å². The minimum Gasteiger partial charge on any atom is -0.425 e. The zero-order chi connectivity index (χ0) is 24.8. The lowest BCUT2D eigenvalue weighted by atomic mass is 10.2. The second-order valence-electron chi connectivity index (χ2n) is 8.70. The molecule has 0 unspecified atom stereocenters. The normalized spacial score (nSPS) is 14.6. The number of piperazine rings is 1. The summed E-state index contributed by atoms with van der Waals surface area (Å²) in [6, 6.07) is 17.9.